The molecule has 1 aliphatic heterocycles. The first kappa shape index (κ1) is 25.3. The van der Waals surface area contributed by atoms with Gasteiger partial charge in [0.05, 0.1) is 6.54 Å². The summed E-state index contributed by atoms with van der Waals surface area (Å²) in [6, 6.07) is 15.6. The van der Waals surface area contributed by atoms with Crippen LogP contribution in [0.5, 0.6) is 5.75 Å². The van der Waals surface area contributed by atoms with E-state index in [0.717, 1.165) is 24.7 Å². The van der Waals surface area contributed by atoms with Crippen molar-refractivity contribution in [2.75, 3.05) is 33.8 Å². The Kier molecular flexibility index (Phi) is 10.4. The zero-order valence-electron chi connectivity index (χ0n) is 18.0. The zero-order chi connectivity index (χ0) is 21.3. The molecule has 0 atom stereocenters. The highest BCUT2D eigenvalue weighted by Gasteiger charge is 2.21. The number of carbonyl (C=O) groups excluding carboxylic acids is 1. The van der Waals surface area contributed by atoms with Crippen molar-refractivity contribution in [2.45, 2.75) is 25.9 Å². The van der Waals surface area contributed by atoms with Crippen LogP contribution in [0.4, 0.5) is 0 Å². The maximum Gasteiger partial charge on any atom is 0.222 e. The number of ether oxygens (including phenoxy) is 1. The average molecular weight is 557 g/mol. The van der Waals surface area contributed by atoms with E-state index in [1.807, 2.05) is 53.2 Å². The van der Waals surface area contributed by atoms with Crippen LogP contribution in [-0.2, 0) is 17.9 Å². The molecule has 3 rings (SSSR count). The molecule has 0 saturated carbocycles. The van der Waals surface area contributed by atoms with Gasteiger partial charge in [0.1, 0.15) is 12.4 Å². The van der Waals surface area contributed by atoms with Crippen molar-refractivity contribution in [2.24, 2.45) is 4.99 Å². The van der Waals surface area contributed by atoms with Gasteiger partial charge in [-0.2, -0.15) is 0 Å². The fourth-order valence-electron chi connectivity index (χ4n) is 3.46. The highest BCUT2D eigenvalue weighted by atomic mass is 127. The van der Waals surface area contributed by atoms with E-state index in [2.05, 4.69) is 22.4 Å². The molecule has 1 saturated heterocycles. The summed E-state index contributed by atoms with van der Waals surface area (Å²) in [5, 5.41) is 4.11. The Morgan fingerprint density at radius 1 is 1.19 bits per heavy atom. The van der Waals surface area contributed by atoms with E-state index in [0.29, 0.717) is 37.7 Å². The summed E-state index contributed by atoms with van der Waals surface area (Å²) in [5.74, 6) is 1.83. The Morgan fingerprint density at radius 3 is 2.55 bits per heavy atom. The summed E-state index contributed by atoms with van der Waals surface area (Å²) in [6.07, 6.45) is 1.62. The van der Waals surface area contributed by atoms with Crippen LogP contribution in [0, 0.1) is 0 Å². The number of halogens is 2. The number of rotatable bonds is 8. The first-order chi connectivity index (χ1) is 14.6. The van der Waals surface area contributed by atoms with Crippen LogP contribution in [-0.4, -0.2) is 55.5 Å². The van der Waals surface area contributed by atoms with Crippen LogP contribution in [0.1, 0.15) is 24.0 Å². The van der Waals surface area contributed by atoms with Gasteiger partial charge in [0, 0.05) is 45.2 Å². The van der Waals surface area contributed by atoms with Crippen LogP contribution >= 0.6 is 35.6 Å². The minimum absolute atomic E-state index is 0. The Morgan fingerprint density at radius 2 is 1.90 bits per heavy atom. The summed E-state index contributed by atoms with van der Waals surface area (Å²) in [5.41, 5.74) is 2.34. The van der Waals surface area contributed by atoms with Gasteiger partial charge in [0.25, 0.3) is 0 Å². The molecule has 0 spiro atoms. The van der Waals surface area contributed by atoms with Crippen molar-refractivity contribution in [3.8, 4) is 5.75 Å². The predicted molar refractivity (Wildman–Crippen MR) is 136 cm³/mol. The molecule has 2 aromatic carbocycles. The SMILES string of the molecule is CN=C(NCc1ccccc1CN1CCCC1=O)N(C)CCOc1ccc(Cl)cc1.I. The number of hydrogen-bond donors (Lipinski definition) is 1. The number of benzene rings is 2. The number of likely N-dealkylation sites (tertiary alicyclic amines) is 1. The molecule has 8 heteroatoms. The lowest BCUT2D eigenvalue weighted by Gasteiger charge is -2.23. The summed E-state index contributed by atoms with van der Waals surface area (Å²) in [6.45, 7) is 3.38. The summed E-state index contributed by atoms with van der Waals surface area (Å²) >= 11 is 5.90. The second-order valence-electron chi connectivity index (χ2n) is 7.31. The predicted octanol–water partition coefficient (Wildman–Crippen LogP) is 4.17. The third-order valence-electron chi connectivity index (χ3n) is 5.17. The highest BCUT2D eigenvalue weighted by Crippen LogP contribution is 2.17. The largest absolute Gasteiger partial charge is 0.492 e. The number of carbonyl (C=O) groups is 1. The first-order valence-corrected chi connectivity index (χ1v) is 10.6. The molecule has 0 unspecified atom stereocenters. The van der Waals surface area contributed by atoms with E-state index in [4.69, 9.17) is 16.3 Å². The molecule has 1 heterocycles. The molecular weight excluding hydrogens is 527 g/mol. The maximum absolute atomic E-state index is 12.0. The molecule has 0 bridgehead atoms. The molecule has 2 aromatic rings. The molecule has 0 aromatic heterocycles. The maximum atomic E-state index is 12.0. The minimum atomic E-state index is 0. The van der Waals surface area contributed by atoms with Crippen molar-refractivity contribution < 1.29 is 9.53 Å². The Hall–Kier alpha value is -2.00. The molecule has 1 aliphatic rings. The minimum Gasteiger partial charge on any atom is -0.492 e. The van der Waals surface area contributed by atoms with Gasteiger partial charge in [0.15, 0.2) is 5.96 Å². The number of likely N-dealkylation sites (N-methyl/N-ethyl adjacent to an activating group) is 1. The Bertz CT molecular complexity index is 876. The van der Waals surface area contributed by atoms with Crippen LogP contribution in [0.3, 0.4) is 0 Å². The Labute approximate surface area is 206 Å². The molecular formula is C23H30ClIN4O2. The summed E-state index contributed by atoms with van der Waals surface area (Å²) < 4.78 is 5.77. The van der Waals surface area contributed by atoms with Crippen LogP contribution in [0.25, 0.3) is 0 Å². The normalized spacial score (nSPS) is 13.7. The Balaban J connectivity index is 0.00000341. The fourth-order valence-corrected chi connectivity index (χ4v) is 3.58. The van der Waals surface area contributed by atoms with Crippen molar-refractivity contribution in [1.29, 1.82) is 0 Å². The van der Waals surface area contributed by atoms with Gasteiger partial charge < -0.3 is 19.9 Å². The fraction of sp³-hybridized carbons (Fsp3) is 0.391. The third-order valence-corrected chi connectivity index (χ3v) is 5.42. The van der Waals surface area contributed by atoms with Crippen molar-refractivity contribution >= 4 is 47.4 Å². The second kappa shape index (κ2) is 12.8. The van der Waals surface area contributed by atoms with Crippen LogP contribution in [0.2, 0.25) is 5.02 Å². The highest BCUT2D eigenvalue weighted by molar-refractivity contribution is 14.0. The second-order valence-corrected chi connectivity index (χ2v) is 7.75. The van der Waals surface area contributed by atoms with Gasteiger partial charge >= 0.3 is 0 Å². The van der Waals surface area contributed by atoms with Crippen LogP contribution < -0.4 is 10.1 Å². The molecule has 31 heavy (non-hydrogen) atoms. The van der Waals surface area contributed by atoms with E-state index in [1.165, 1.54) is 11.1 Å². The number of amides is 1. The van der Waals surface area contributed by atoms with Crippen molar-refractivity contribution in [3.63, 3.8) is 0 Å². The average Bonchev–Trinajstić information content (AvgIpc) is 3.15. The lowest BCUT2D eigenvalue weighted by Crippen LogP contribution is -2.40. The van der Waals surface area contributed by atoms with Gasteiger partial charge in [-0.25, -0.2) is 0 Å². The summed E-state index contributed by atoms with van der Waals surface area (Å²) in [4.78, 5) is 20.3. The van der Waals surface area contributed by atoms with E-state index in [1.54, 1.807) is 7.05 Å². The van der Waals surface area contributed by atoms with E-state index in [9.17, 15) is 4.79 Å². The van der Waals surface area contributed by atoms with Gasteiger partial charge in [-0.05, 0) is 41.8 Å². The van der Waals surface area contributed by atoms with Gasteiger partial charge in [-0.1, -0.05) is 35.9 Å². The van der Waals surface area contributed by atoms with Crippen molar-refractivity contribution in [1.82, 2.24) is 15.1 Å². The van der Waals surface area contributed by atoms with E-state index < -0.39 is 0 Å². The molecule has 1 amide bonds. The molecule has 1 fully saturated rings. The van der Waals surface area contributed by atoms with Gasteiger partial charge in [-0.3, -0.25) is 9.79 Å². The number of nitrogens with one attached hydrogen (secondary N) is 1. The monoisotopic (exact) mass is 556 g/mol. The molecule has 1 N–H and O–H groups in total. The number of hydrogen-bond acceptors (Lipinski definition) is 3. The van der Waals surface area contributed by atoms with E-state index in [-0.39, 0.29) is 29.9 Å². The lowest BCUT2D eigenvalue weighted by atomic mass is 10.1. The standard InChI is InChI=1S/C23H29ClN4O2.HI/c1-25-23(27(2)14-15-30-21-11-9-20(24)10-12-21)26-16-18-6-3-4-7-19(18)17-28-13-5-8-22(28)29;/h3-4,6-7,9-12H,5,8,13-17H2,1-2H3,(H,25,26);1H. The van der Waals surface area contributed by atoms with Crippen LogP contribution in [0.15, 0.2) is 53.5 Å². The van der Waals surface area contributed by atoms with Gasteiger partial charge in [-0.15, -0.1) is 24.0 Å². The topological polar surface area (TPSA) is 57.2 Å². The molecule has 168 valence electrons. The molecule has 6 nitrogen and oxygen atoms in total. The first-order valence-electron chi connectivity index (χ1n) is 10.2. The van der Waals surface area contributed by atoms with Gasteiger partial charge in [0.2, 0.25) is 5.91 Å². The van der Waals surface area contributed by atoms with E-state index >= 15 is 0 Å². The van der Waals surface area contributed by atoms with Crippen molar-refractivity contribution in [3.05, 3.63) is 64.7 Å². The smallest absolute Gasteiger partial charge is 0.222 e. The summed E-state index contributed by atoms with van der Waals surface area (Å²) in [7, 11) is 3.75. The number of guanidine groups is 1. The molecule has 0 aliphatic carbocycles. The lowest BCUT2D eigenvalue weighted by molar-refractivity contribution is -0.128. The number of aliphatic imine (C=N–C) groups is 1. The quantitative estimate of drug-likeness (QED) is 0.301. The zero-order valence-corrected chi connectivity index (χ0v) is 21.1. The third kappa shape index (κ3) is 7.57. The number of nitrogens with zero attached hydrogens (tertiary/aromatic N) is 3. The molecule has 0 radical (unpaired) electrons.